The summed E-state index contributed by atoms with van der Waals surface area (Å²) in [4.78, 5) is 18.1. The number of hydrazone groups is 1. The van der Waals surface area contributed by atoms with Gasteiger partial charge in [0.2, 0.25) is 5.13 Å². The zero-order chi connectivity index (χ0) is 23.5. The molecule has 33 heavy (non-hydrogen) atoms. The normalized spacial score (nSPS) is 16.3. The Balaban J connectivity index is 1.66. The Labute approximate surface area is 203 Å². The molecule has 0 saturated carbocycles. The van der Waals surface area contributed by atoms with Gasteiger partial charge in [-0.25, -0.2) is 4.98 Å². The number of halogens is 1. The van der Waals surface area contributed by atoms with Crippen LogP contribution in [-0.2, 0) is 4.79 Å². The zero-order valence-corrected chi connectivity index (χ0v) is 20.2. The number of carbonyl (C=O) groups is 1. The fourth-order valence-corrected chi connectivity index (χ4v) is 4.89. The lowest BCUT2D eigenvalue weighted by Crippen LogP contribution is -2.34. The Morgan fingerprint density at radius 3 is 2.39 bits per heavy atom. The zero-order valence-electron chi connectivity index (χ0n) is 17.8. The van der Waals surface area contributed by atoms with E-state index >= 15 is 0 Å². The average molecular weight is 520 g/mol. The fourth-order valence-electron chi connectivity index (χ4n) is 3.84. The maximum absolute atomic E-state index is 13.5. The van der Waals surface area contributed by atoms with Crippen LogP contribution in [0.4, 0.5) is 5.13 Å². The molecule has 0 aliphatic carbocycles. The van der Waals surface area contributed by atoms with E-state index in [9.17, 15) is 15.3 Å². The second-order valence-electron chi connectivity index (χ2n) is 7.43. The molecule has 0 spiro atoms. The van der Waals surface area contributed by atoms with Gasteiger partial charge in [0.05, 0.1) is 30.9 Å². The van der Waals surface area contributed by atoms with Gasteiger partial charge in [0.25, 0.3) is 5.91 Å². The first-order valence-electron chi connectivity index (χ1n) is 10.0. The van der Waals surface area contributed by atoms with E-state index in [0.29, 0.717) is 10.8 Å². The molecular weight excluding hydrogens is 502 g/mol. The van der Waals surface area contributed by atoms with Crippen LogP contribution in [0.3, 0.4) is 0 Å². The van der Waals surface area contributed by atoms with E-state index in [0.717, 1.165) is 27.0 Å². The number of carbonyl (C=O) groups excluding carboxylic acids is 1. The topological polar surface area (TPSA) is 102 Å². The van der Waals surface area contributed by atoms with Crippen LogP contribution >= 0.6 is 27.3 Å². The van der Waals surface area contributed by atoms with E-state index in [2.05, 4.69) is 38.2 Å². The molecule has 1 amide bonds. The third-order valence-corrected chi connectivity index (χ3v) is 6.84. The first-order valence-corrected chi connectivity index (χ1v) is 11.7. The molecule has 2 atom stereocenters. The maximum atomic E-state index is 13.5. The second kappa shape index (κ2) is 9.53. The predicted octanol–water partition coefficient (Wildman–Crippen LogP) is 5.37. The third-order valence-electron chi connectivity index (χ3n) is 5.49. The molecule has 0 bridgehead atoms. The molecule has 7 nitrogen and oxygen atoms in total. The summed E-state index contributed by atoms with van der Waals surface area (Å²) in [6, 6.07) is 18.9. The second-order valence-corrected chi connectivity index (χ2v) is 9.18. The quantitative estimate of drug-likeness (QED) is 0.435. The summed E-state index contributed by atoms with van der Waals surface area (Å²) < 4.78 is 6.06. The van der Waals surface area contributed by atoms with E-state index in [1.165, 1.54) is 16.3 Å². The van der Waals surface area contributed by atoms with Crippen LogP contribution < -0.4 is 9.75 Å². The van der Waals surface area contributed by atoms with Crippen molar-refractivity contribution in [2.24, 2.45) is 16.9 Å². The van der Waals surface area contributed by atoms with Gasteiger partial charge in [0.15, 0.2) is 0 Å². The van der Waals surface area contributed by atoms with Gasteiger partial charge in [-0.2, -0.15) is 20.6 Å². The van der Waals surface area contributed by atoms with Gasteiger partial charge in [-0.3, -0.25) is 4.79 Å². The number of rotatable bonds is 6. The summed E-state index contributed by atoms with van der Waals surface area (Å²) in [5, 5.41) is 27.3. The Hall–Kier alpha value is -3.53. The summed E-state index contributed by atoms with van der Waals surface area (Å²) in [5.74, 6) is -1.93. The van der Waals surface area contributed by atoms with Gasteiger partial charge >= 0.3 is 0 Å². The fraction of sp³-hybridized carbons (Fsp3) is 0.208. The number of thiazole rings is 1. The van der Waals surface area contributed by atoms with Crippen molar-refractivity contribution in [3.8, 4) is 29.1 Å². The Kier molecular flexibility index (Phi) is 6.55. The minimum atomic E-state index is -1.00. The van der Waals surface area contributed by atoms with E-state index in [1.807, 2.05) is 53.9 Å². The van der Waals surface area contributed by atoms with Gasteiger partial charge < -0.3 is 4.74 Å². The first kappa shape index (κ1) is 22.7. The van der Waals surface area contributed by atoms with Crippen LogP contribution in [0.1, 0.15) is 18.4 Å². The number of aromatic nitrogens is 1. The molecule has 2 aromatic carbocycles. The van der Waals surface area contributed by atoms with E-state index in [4.69, 9.17) is 4.74 Å². The van der Waals surface area contributed by atoms with Crippen molar-refractivity contribution < 1.29 is 9.53 Å². The summed E-state index contributed by atoms with van der Waals surface area (Å²) in [7, 11) is 1.61. The smallest absolute Gasteiger partial charge is 0.259 e. The van der Waals surface area contributed by atoms with Crippen molar-refractivity contribution in [1.82, 2.24) is 4.98 Å². The molecule has 2 heterocycles. The highest BCUT2D eigenvalue weighted by Gasteiger charge is 2.45. The lowest BCUT2D eigenvalue weighted by atomic mass is 9.76. The van der Waals surface area contributed by atoms with Crippen molar-refractivity contribution in [3.05, 3.63) is 63.9 Å². The summed E-state index contributed by atoms with van der Waals surface area (Å²) >= 11 is 4.71. The Bertz CT molecular complexity index is 1270. The molecule has 164 valence electrons. The number of methoxy groups -OCH3 is 1. The van der Waals surface area contributed by atoms with Crippen LogP contribution in [0.25, 0.3) is 11.3 Å². The number of hydrogen-bond acceptors (Lipinski definition) is 7. The molecule has 0 radical (unpaired) electrons. The van der Waals surface area contributed by atoms with Crippen molar-refractivity contribution in [2.75, 3.05) is 12.1 Å². The summed E-state index contributed by atoms with van der Waals surface area (Å²) in [6.07, 6.45) is 0. The van der Waals surface area contributed by atoms with Crippen molar-refractivity contribution in [1.29, 1.82) is 10.5 Å². The Morgan fingerprint density at radius 1 is 1.12 bits per heavy atom. The highest BCUT2D eigenvalue weighted by Crippen LogP contribution is 2.40. The standard InChI is InChI=1S/C24H18BrN5O2S/c1-14-21(22(17(11-26)12-27)16-3-7-18(25)8-4-16)23(31)30(29-14)24-28-20(13-33-24)15-5-9-19(32-2)10-6-15/h3-10,13,17,21-22H,1-2H3/t21-,22-/m1/s1. The summed E-state index contributed by atoms with van der Waals surface area (Å²) in [6.45, 7) is 1.75. The molecule has 4 rings (SSSR count). The molecule has 0 saturated heterocycles. The van der Waals surface area contributed by atoms with Crippen LogP contribution in [0.15, 0.2) is 63.5 Å². The molecule has 1 aliphatic heterocycles. The average Bonchev–Trinajstić information content (AvgIpc) is 3.43. The van der Waals surface area contributed by atoms with Gasteiger partial charge in [0, 0.05) is 27.0 Å². The highest BCUT2D eigenvalue weighted by atomic mass is 79.9. The maximum Gasteiger partial charge on any atom is 0.259 e. The van der Waals surface area contributed by atoms with Gasteiger partial charge in [0.1, 0.15) is 11.7 Å². The number of anilines is 1. The van der Waals surface area contributed by atoms with E-state index in [-0.39, 0.29) is 5.91 Å². The van der Waals surface area contributed by atoms with Crippen LogP contribution in [0, 0.1) is 34.5 Å². The van der Waals surface area contributed by atoms with Crippen LogP contribution in [0.2, 0.25) is 0 Å². The van der Waals surface area contributed by atoms with Crippen LogP contribution in [0.5, 0.6) is 5.75 Å². The van der Waals surface area contributed by atoms with Crippen molar-refractivity contribution in [3.63, 3.8) is 0 Å². The molecule has 0 fully saturated rings. The Morgan fingerprint density at radius 2 is 1.79 bits per heavy atom. The third kappa shape index (κ3) is 4.38. The number of benzene rings is 2. The van der Waals surface area contributed by atoms with Crippen LogP contribution in [-0.4, -0.2) is 23.7 Å². The largest absolute Gasteiger partial charge is 0.497 e. The van der Waals surface area contributed by atoms with Crippen molar-refractivity contribution in [2.45, 2.75) is 12.8 Å². The molecule has 9 heteroatoms. The van der Waals surface area contributed by atoms with Gasteiger partial charge in [-0.05, 0) is 48.9 Å². The lowest BCUT2D eigenvalue weighted by molar-refractivity contribution is -0.120. The molecule has 1 aliphatic rings. The minimum Gasteiger partial charge on any atom is -0.497 e. The van der Waals surface area contributed by atoms with E-state index < -0.39 is 17.8 Å². The number of amides is 1. The minimum absolute atomic E-state index is 0.299. The first-order chi connectivity index (χ1) is 16.0. The molecule has 0 N–H and O–H groups in total. The number of nitriles is 2. The molecule has 3 aromatic rings. The summed E-state index contributed by atoms with van der Waals surface area (Å²) in [5.41, 5.74) is 2.89. The molecular formula is C24H18BrN5O2S. The number of nitrogens with zero attached hydrogens (tertiary/aromatic N) is 5. The number of hydrogen-bond donors (Lipinski definition) is 0. The monoisotopic (exact) mass is 519 g/mol. The SMILES string of the molecule is COc1ccc(-c2csc(N3N=C(C)[C@H]([C@H](c4ccc(Br)cc4)C(C#N)C#N)C3=O)n2)cc1. The molecule has 1 aromatic heterocycles. The lowest BCUT2D eigenvalue weighted by Gasteiger charge is -2.24. The van der Waals surface area contributed by atoms with Gasteiger partial charge in [-0.15, -0.1) is 11.3 Å². The highest BCUT2D eigenvalue weighted by molar-refractivity contribution is 9.10. The van der Waals surface area contributed by atoms with Crippen molar-refractivity contribution >= 4 is 44.0 Å². The predicted molar refractivity (Wildman–Crippen MR) is 130 cm³/mol. The molecule has 0 unspecified atom stereocenters. The van der Waals surface area contributed by atoms with Gasteiger partial charge in [-0.1, -0.05) is 28.1 Å². The van der Waals surface area contributed by atoms with E-state index in [1.54, 1.807) is 14.0 Å². The number of ether oxygens (including phenoxy) is 1.